The lowest BCUT2D eigenvalue weighted by Crippen LogP contribution is -2.38. The van der Waals surface area contributed by atoms with Crippen LogP contribution in [0.3, 0.4) is 0 Å². The van der Waals surface area contributed by atoms with Crippen LogP contribution in [0.1, 0.15) is 54.6 Å². The molecule has 2 fully saturated rings. The summed E-state index contributed by atoms with van der Waals surface area (Å²) in [5.41, 5.74) is -0.299. The highest BCUT2D eigenvalue weighted by Gasteiger charge is 2.51. The van der Waals surface area contributed by atoms with E-state index in [-0.39, 0.29) is 16.7 Å². The molecule has 0 aromatic heterocycles. The largest absolute Gasteiger partial charge is 0.487 e. The highest BCUT2D eigenvalue weighted by atomic mass is 19.3. The van der Waals surface area contributed by atoms with Crippen molar-refractivity contribution >= 4 is 11.9 Å². The van der Waals surface area contributed by atoms with Crippen molar-refractivity contribution in [3.63, 3.8) is 0 Å². The first kappa shape index (κ1) is 21.3. The number of hydrogen-bond acceptors (Lipinski definition) is 4. The van der Waals surface area contributed by atoms with E-state index >= 15 is 0 Å². The first-order valence-corrected chi connectivity index (χ1v) is 10.4. The van der Waals surface area contributed by atoms with Crippen LogP contribution in [0, 0.1) is 11.8 Å². The molecule has 0 amide bonds. The van der Waals surface area contributed by atoms with Crippen LogP contribution in [0.4, 0.5) is 8.78 Å². The summed E-state index contributed by atoms with van der Waals surface area (Å²) in [6, 6.07) is 13.2. The van der Waals surface area contributed by atoms with Gasteiger partial charge in [-0.3, -0.25) is 0 Å². The molecular formula is C24H24F2O5. The molecule has 4 rings (SSSR count). The molecule has 2 bridgehead atoms. The number of carboxylic acid groups (broad SMARTS) is 1. The Balaban J connectivity index is 1.48. The minimum absolute atomic E-state index is 0.0348. The molecule has 4 atom stereocenters. The number of ether oxygens (including phenoxy) is 2. The van der Waals surface area contributed by atoms with E-state index in [0.717, 1.165) is 12.8 Å². The van der Waals surface area contributed by atoms with Gasteiger partial charge < -0.3 is 14.6 Å². The van der Waals surface area contributed by atoms with Crippen molar-refractivity contribution in [3.05, 3.63) is 65.7 Å². The van der Waals surface area contributed by atoms with E-state index in [0.29, 0.717) is 17.6 Å². The average Bonchev–Trinajstić information content (AvgIpc) is 3.33. The van der Waals surface area contributed by atoms with Crippen molar-refractivity contribution in [3.8, 4) is 5.75 Å². The standard InChI is InChI=1S/C24H24F2O5/c1-23(14-15-7-10-18(23)13-15)31-19-11-8-17(9-12-19)21(27)30-20(24(25,26)22(28)29)16-5-3-2-4-6-16/h2-6,8-9,11-12,15,18,20H,7,10,13-14H2,1H3,(H,28,29). The number of carbonyl (C=O) groups is 2. The van der Waals surface area contributed by atoms with Crippen LogP contribution >= 0.6 is 0 Å². The van der Waals surface area contributed by atoms with Crippen molar-refractivity contribution in [2.24, 2.45) is 11.8 Å². The topological polar surface area (TPSA) is 72.8 Å². The highest BCUT2D eigenvalue weighted by molar-refractivity contribution is 5.90. The second kappa shape index (κ2) is 7.94. The molecule has 2 aliphatic rings. The van der Waals surface area contributed by atoms with Crippen LogP contribution in [0.5, 0.6) is 5.75 Å². The van der Waals surface area contributed by atoms with Gasteiger partial charge >= 0.3 is 17.9 Å². The molecule has 5 nitrogen and oxygen atoms in total. The Hall–Kier alpha value is -2.96. The molecule has 164 valence electrons. The lowest BCUT2D eigenvalue weighted by Gasteiger charge is -2.34. The zero-order chi connectivity index (χ0) is 22.2. The summed E-state index contributed by atoms with van der Waals surface area (Å²) in [7, 11) is 0. The lowest BCUT2D eigenvalue weighted by atomic mass is 9.85. The molecule has 2 aromatic carbocycles. The van der Waals surface area contributed by atoms with Crippen molar-refractivity contribution in [1.29, 1.82) is 0 Å². The lowest BCUT2D eigenvalue weighted by molar-refractivity contribution is -0.183. The van der Waals surface area contributed by atoms with Gasteiger partial charge in [-0.1, -0.05) is 30.3 Å². The Kier molecular flexibility index (Phi) is 5.45. The van der Waals surface area contributed by atoms with Gasteiger partial charge in [-0.15, -0.1) is 0 Å². The summed E-state index contributed by atoms with van der Waals surface area (Å²) in [5, 5.41) is 8.94. The number of fused-ring (bicyclic) bond motifs is 2. The van der Waals surface area contributed by atoms with Gasteiger partial charge in [-0.05, 0) is 74.3 Å². The number of benzene rings is 2. The van der Waals surface area contributed by atoms with Gasteiger partial charge in [-0.25, -0.2) is 9.59 Å². The fraction of sp³-hybridized carbons (Fsp3) is 0.417. The monoisotopic (exact) mass is 430 g/mol. The molecule has 0 radical (unpaired) electrons. The maximum atomic E-state index is 14.3. The summed E-state index contributed by atoms with van der Waals surface area (Å²) >= 11 is 0. The number of rotatable bonds is 7. The van der Waals surface area contributed by atoms with Crippen molar-refractivity contribution in [2.75, 3.05) is 0 Å². The van der Waals surface area contributed by atoms with Crippen molar-refractivity contribution in [2.45, 2.75) is 50.2 Å². The molecule has 31 heavy (non-hydrogen) atoms. The van der Waals surface area contributed by atoms with Gasteiger partial charge in [0, 0.05) is 0 Å². The number of carbonyl (C=O) groups excluding carboxylic acids is 1. The van der Waals surface area contributed by atoms with Crippen molar-refractivity contribution in [1.82, 2.24) is 0 Å². The number of halogens is 2. The molecule has 2 saturated carbocycles. The molecule has 1 N–H and O–H groups in total. The zero-order valence-corrected chi connectivity index (χ0v) is 17.1. The molecule has 0 spiro atoms. The molecule has 0 saturated heterocycles. The quantitative estimate of drug-likeness (QED) is 0.607. The predicted octanol–water partition coefficient (Wildman–Crippen LogP) is 5.26. The van der Waals surface area contributed by atoms with Crippen LogP contribution < -0.4 is 4.74 Å². The number of aliphatic carboxylic acids is 1. The first-order valence-electron chi connectivity index (χ1n) is 10.4. The predicted molar refractivity (Wildman–Crippen MR) is 108 cm³/mol. The number of alkyl halides is 2. The van der Waals surface area contributed by atoms with Gasteiger partial charge in [-0.2, -0.15) is 8.78 Å². The molecule has 0 aliphatic heterocycles. The van der Waals surface area contributed by atoms with Crippen molar-refractivity contribution < 1.29 is 33.0 Å². The van der Waals surface area contributed by atoms with E-state index in [1.54, 1.807) is 18.2 Å². The second-order valence-corrected chi connectivity index (χ2v) is 8.64. The SMILES string of the molecule is CC1(Oc2ccc(C(=O)OC(c3ccccc3)C(F)(F)C(=O)O)cc2)CC2CCC1C2. The van der Waals surface area contributed by atoms with Gasteiger partial charge in [0.2, 0.25) is 6.10 Å². The number of esters is 1. The van der Waals surface area contributed by atoms with E-state index in [4.69, 9.17) is 14.6 Å². The highest BCUT2D eigenvalue weighted by Crippen LogP contribution is 2.52. The van der Waals surface area contributed by atoms with E-state index in [1.165, 1.54) is 49.2 Å². The summed E-state index contributed by atoms with van der Waals surface area (Å²) in [4.78, 5) is 23.6. The van der Waals surface area contributed by atoms with E-state index in [9.17, 15) is 18.4 Å². The van der Waals surface area contributed by atoms with Gasteiger partial charge in [0.05, 0.1) is 5.56 Å². The Morgan fingerprint density at radius 1 is 1.10 bits per heavy atom. The molecule has 7 heteroatoms. The minimum atomic E-state index is -4.28. The fourth-order valence-corrected chi connectivity index (χ4v) is 4.87. The summed E-state index contributed by atoms with van der Waals surface area (Å²) in [6.07, 6.45) is 2.34. The van der Waals surface area contributed by atoms with Crippen LogP contribution in [0.25, 0.3) is 0 Å². The van der Waals surface area contributed by atoms with E-state index < -0.39 is 24.0 Å². The number of carboxylic acids is 1. The van der Waals surface area contributed by atoms with Gasteiger partial charge in [0.1, 0.15) is 11.4 Å². The molecule has 2 aromatic rings. The summed E-state index contributed by atoms with van der Waals surface area (Å²) in [5.74, 6) is -5.86. The fourth-order valence-electron chi connectivity index (χ4n) is 4.87. The Bertz CT molecular complexity index is 960. The van der Waals surface area contributed by atoms with Crippen LogP contribution in [0.2, 0.25) is 0 Å². The molecular weight excluding hydrogens is 406 g/mol. The zero-order valence-electron chi connectivity index (χ0n) is 17.1. The van der Waals surface area contributed by atoms with Crippen LogP contribution in [-0.2, 0) is 9.53 Å². The summed E-state index contributed by atoms with van der Waals surface area (Å²) in [6.45, 7) is 2.11. The van der Waals surface area contributed by atoms with Gasteiger partial charge in [0.15, 0.2) is 0 Å². The Labute approximate surface area is 179 Å². The van der Waals surface area contributed by atoms with Gasteiger partial charge in [0.25, 0.3) is 0 Å². The normalized spacial score (nSPS) is 25.8. The molecule has 0 heterocycles. The maximum absolute atomic E-state index is 14.3. The third-order valence-corrected chi connectivity index (χ3v) is 6.48. The van der Waals surface area contributed by atoms with Crippen LogP contribution in [0.15, 0.2) is 54.6 Å². The smallest absolute Gasteiger partial charge is 0.382 e. The van der Waals surface area contributed by atoms with E-state index in [1.807, 2.05) is 0 Å². The average molecular weight is 430 g/mol. The second-order valence-electron chi connectivity index (χ2n) is 8.64. The molecule has 4 unspecified atom stereocenters. The first-order chi connectivity index (χ1) is 14.7. The maximum Gasteiger partial charge on any atom is 0.382 e. The third-order valence-electron chi connectivity index (χ3n) is 6.48. The van der Waals surface area contributed by atoms with E-state index in [2.05, 4.69) is 6.92 Å². The minimum Gasteiger partial charge on any atom is -0.487 e. The Morgan fingerprint density at radius 2 is 1.77 bits per heavy atom. The third kappa shape index (κ3) is 4.13. The Morgan fingerprint density at radius 3 is 2.32 bits per heavy atom. The van der Waals surface area contributed by atoms with Crippen LogP contribution in [-0.4, -0.2) is 28.6 Å². The number of hydrogen-bond donors (Lipinski definition) is 1. The summed E-state index contributed by atoms with van der Waals surface area (Å²) < 4.78 is 39.8. The molecule has 2 aliphatic carbocycles.